The molecule has 0 fully saturated rings. The summed E-state index contributed by atoms with van der Waals surface area (Å²) in [6.45, 7) is 1.01. The Labute approximate surface area is 144 Å². The van der Waals surface area contributed by atoms with Gasteiger partial charge in [0.05, 0.1) is 11.8 Å². The predicted molar refractivity (Wildman–Crippen MR) is 99.1 cm³/mol. The lowest BCUT2D eigenvalue weighted by Gasteiger charge is -2.23. The minimum atomic E-state index is 0. The summed E-state index contributed by atoms with van der Waals surface area (Å²) in [5, 5.41) is 3.22. The van der Waals surface area contributed by atoms with Crippen LogP contribution in [-0.4, -0.2) is 25.3 Å². The van der Waals surface area contributed by atoms with Crippen LogP contribution in [0.15, 0.2) is 59.6 Å². The maximum Gasteiger partial charge on any atom is 0.0725 e. The summed E-state index contributed by atoms with van der Waals surface area (Å²) in [5.41, 5.74) is 5.07. The van der Waals surface area contributed by atoms with Crippen LogP contribution in [0.2, 0.25) is 0 Å². The normalized spacial score (nSPS) is 15.9. The maximum absolute atomic E-state index is 5.01. The van der Waals surface area contributed by atoms with Gasteiger partial charge in [-0.25, -0.2) is 0 Å². The van der Waals surface area contributed by atoms with E-state index in [1.807, 2.05) is 7.05 Å². The third-order valence-electron chi connectivity index (χ3n) is 3.81. The molecule has 0 aromatic heterocycles. The summed E-state index contributed by atoms with van der Waals surface area (Å²) >= 11 is 0. The van der Waals surface area contributed by atoms with E-state index in [-0.39, 0.29) is 24.8 Å². The van der Waals surface area contributed by atoms with Crippen LogP contribution in [0.25, 0.3) is 0 Å². The zero-order chi connectivity index (χ0) is 13.8. The van der Waals surface area contributed by atoms with Gasteiger partial charge in [-0.3, -0.25) is 4.99 Å². The Bertz CT molecular complexity index is 611. The lowest BCUT2D eigenvalue weighted by Crippen LogP contribution is -2.25. The molecule has 0 bridgehead atoms. The van der Waals surface area contributed by atoms with E-state index in [2.05, 4.69) is 59.9 Å². The number of rotatable bonds is 4. The third kappa shape index (κ3) is 4.10. The molecule has 1 unspecified atom stereocenters. The fraction of sp³-hybridized carbons (Fsp3) is 0.278. The molecule has 1 aliphatic heterocycles. The van der Waals surface area contributed by atoms with Crippen LogP contribution in [0.5, 0.6) is 0 Å². The zero-order valence-corrected chi connectivity index (χ0v) is 14.3. The Hall–Kier alpha value is -1.35. The molecular weight excluding hydrogens is 315 g/mol. The number of halogens is 2. The van der Waals surface area contributed by atoms with Crippen molar-refractivity contribution in [1.82, 2.24) is 5.32 Å². The lowest BCUT2D eigenvalue weighted by atomic mass is 9.89. The molecular formula is C18H22Cl2N2. The van der Waals surface area contributed by atoms with Crippen LogP contribution in [0, 0.1) is 0 Å². The summed E-state index contributed by atoms with van der Waals surface area (Å²) in [7, 11) is 2.00. The summed E-state index contributed by atoms with van der Waals surface area (Å²) in [6.07, 6.45) is 2.13. The smallest absolute Gasteiger partial charge is 0.0725 e. The number of hydrogen-bond donors (Lipinski definition) is 1. The topological polar surface area (TPSA) is 24.4 Å². The van der Waals surface area contributed by atoms with E-state index in [1.165, 1.54) is 16.7 Å². The van der Waals surface area contributed by atoms with Crippen LogP contribution in [-0.2, 0) is 6.42 Å². The highest BCUT2D eigenvalue weighted by Gasteiger charge is 2.21. The minimum Gasteiger partial charge on any atom is -0.320 e. The Morgan fingerprint density at radius 3 is 2.41 bits per heavy atom. The van der Waals surface area contributed by atoms with Crippen molar-refractivity contribution in [1.29, 1.82) is 0 Å². The van der Waals surface area contributed by atoms with E-state index >= 15 is 0 Å². The number of fused-ring (bicyclic) bond motifs is 1. The molecule has 2 nitrogen and oxygen atoms in total. The van der Waals surface area contributed by atoms with Gasteiger partial charge in [-0.15, -0.1) is 24.8 Å². The van der Waals surface area contributed by atoms with Gasteiger partial charge in [-0.05, 0) is 32.0 Å². The summed E-state index contributed by atoms with van der Waals surface area (Å²) in [4.78, 5) is 5.01. The summed E-state index contributed by atoms with van der Waals surface area (Å²) in [5.74, 6) is 0. The highest BCUT2D eigenvalue weighted by molar-refractivity contribution is 6.14. The first-order valence-corrected chi connectivity index (χ1v) is 7.24. The number of benzene rings is 2. The molecule has 2 aromatic rings. The van der Waals surface area contributed by atoms with Gasteiger partial charge in [0, 0.05) is 11.1 Å². The Morgan fingerprint density at radius 2 is 1.68 bits per heavy atom. The average molecular weight is 337 g/mol. The van der Waals surface area contributed by atoms with Gasteiger partial charge in [0.15, 0.2) is 0 Å². The first-order chi connectivity index (χ1) is 9.88. The van der Waals surface area contributed by atoms with Crippen molar-refractivity contribution in [2.75, 3.05) is 13.6 Å². The predicted octanol–water partition coefficient (Wildman–Crippen LogP) is 3.90. The SMILES string of the molecule is CNCCC1Cc2ccccc2C(c2ccccc2)=N1.Cl.Cl. The molecule has 0 amide bonds. The number of hydrogen-bond acceptors (Lipinski definition) is 2. The Morgan fingerprint density at radius 1 is 1.00 bits per heavy atom. The molecule has 0 saturated carbocycles. The number of aliphatic imine (C=N–C) groups is 1. The molecule has 0 aliphatic carbocycles. The Balaban J connectivity index is 0.00000121. The van der Waals surface area contributed by atoms with E-state index in [0.29, 0.717) is 6.04 Å². The number of nitrogens with one attached hydrogen (secondary N) is 1. The van der Waals surface area contributed by atoms with Crippen molar-refractivity contribution in [3.8, 4) is 0 Å². The van der Waals surface area contributed by atoms with Gasteiger partial charge in [0.2, 0.25) is 0 Å². The minimum absolute atomic E-state index is 0. The molecule has 3 rings (SSSR count). The van der Waals surface area contributed by atoms with Gasteiger partial charge in [-0.1, -0.05) is 54.6 Å². The van der Waals surface area contributed by atoms with Crippen molar-refractivity contribution >= 4 is 30.5 Å². The van der Waals surface area contributed by atoms with Crippen LogP contribution in [0.1, 0.15) is 23.1 Å². The highest BCUT2D eigenvalue weighted by atomic mass is 35.5. The van der Waals surface area contributed by atoms with Crippen molar-refractivity contribution in [2.24, 2.45) is 4.99 Å². The lowest BCUT2D eigenvalue weighted by molar-refractivity contribution is 0.582. The fourth-order valence-electron chi connectivity index (χ4n) is 2.78. The molecule has 22 heavy (non-hydrogen) atoms. The third-order valence-corrected chi connectivity index (χ3v) is 3.81. The molecule has 0 saturated heterocycles. The van der Waals surface area contributed by atoms with Crippen LogP contribution >= 0.6 is 24.8 Å². The van der Waals surface area contributed by atoms with Crippen molar-refractivity contribution < 1.29 is 0 Å². The monoisotopic (exact) mass is 336 g/mol. The van der Waals surface area contributed by atoms with Crippen molar-refractivity contribution in [3.05, 3.63) is 71.3 Å². The maximum atomic E-state index is 5.01. The summed E-state index contributed by atoms with van der Waals surface area (Å²) < 4.78 is 0. The van der Waals surface area contributed by atoms with Crippen molar-refractivity contribution in [2.45, 2.75) is 18.9 Å². The van der Waals surface area contributed by atoms with Crippen molar-refractivity contribution in [3.63, 3.8) is 0 Å². The number of nitrogens with zero attached hydrogens (tertiary/aromatic N) is 1. The van der Waals surface area contributed by atoms with E-state index in [9.17, 15) is 0 Å². The van der Waals surface area contributed by atoms with Crippen LogP contribution in [0.3, 0.4) is 0 Å². The molecule has 1 N–H and O–H groups in total. The molecule has 1 aliphatic rings. The second kappa shape index (κ2) is 8.94. The fourth-order valence-corrected chi connectivity index (χ4v) is 2.78. The molecule has 4 heteroatoms. The molecule has 0 radical (unpaired) electrons. The summed E-state index contributed by atoms with van der Waals surface area (Å²) in [6, 6.07) is 19.5. The van der Waals surface area contributed by atoms with Crippen LogP contribution < -0.4 is 5.32 Å². The molecule has 0 spiro atoms. The molecule has 2 aromatic carbocycles. The molecule has 118 valence electrons. The molecule has 1 heterocycles. The average Bonchev–Trinajstić information content (AvgIpc) is 2.53. The van der Waals surface area contributed by atoms with E-state index in [1.54, 1.807) is 0 Å². The second-order valence-corrected chi connectivity index (χ2v) is 5.25. The quantitative estimate of drug-likeness (QED) is 0.899. The first-order valence-electron chi connectivity index (χ1n) is 7.24. The standard InChI is InChI=1S/C18H20N2.2ClH/c1-19-12-11-16-13-15-9-5-6-10-17(15)18(20-16)14-7-3-2-4-8-14;;/h2-10,16,19H,11-13H2,1H3;2*1H. The highest BCUT2D eigenvalue weighted by Crippen LogP contribution is 2.24. The van der Waals surface area contributed by atoms with E-state index in [0.717, 1.165) is 25.1 Å². The van der Waals surface area contributed by atoms with Gasteiger partial charge in [0.1, 0.15) is 0 Å². The van der Waals surface area contributed by atoms with Gasteiger partial charge < -0.3 is 5.32 Å². The van der Waals surface area contributed by atoms with E-state index in [4.69, 9.17) is 4.99 Å². The van der Waals surface area contributed by atoms with E-state index < -0.39 is 0 Å². The first kappa shape index (κ1) is 18.7. The van der Waals surface area contributed by atoms with Gasteiger partial charge >= 0.3 is 0 Å². The van der Waals surface area contributed by atoms with Crippen LogP contribution in [0.4, 0.5) is 0 Å². The Kier molecular flexibility index (Phi) is 7.60. The second-order valence-electron chi connectivity index (χ2n) is 5.25. The van der Waals surface area contributed by atoms with Gasteiger partial charge in [0.25, 0.3) is 0 Å². The van der Waals surface area contributed by atoms with Gasteiger partial charge in [-0.2, -0.15) is 0 Å². The molecule has 1 atom stereocenters. The largest absolute Gasteiger partial charge is 0.320 e. The zero-order valence-electron chi connectivity index (χ0n) is 12.7.